The zero-order valence-corrected chi connectivity index (χ0v) is 13.5. The highest BCUT2D eigenvalue weighted by atomic mass is 16.6. The summed E-state index contributed by atoms with van der Waals surface area (Å²) in [7, 11) is 0. The highest BCUT2D eigenvalue weighted by molar-refractivity contribution is 5.68. The van der Waals surface area contributed by atoms with E-state index in [1.54, 1.807) is 4.90 Å². The summed E-state index contributed by atoms with van der Waals surface area (Å²) in [6.07, 6.45) is -0.972. The maximum atomic E-state index is 12.1. The van der Waals surface area contributed by atoms with E-state index in [-0.39, 0.29) is 18.7 Å². The van der Waals surface area contributed by atoms with E-state index in [0.717, 1.165) is 11.1 Å². The largest absolute Gasteiger partial charge is 0.445 e. The van der Waals surface area contributed by atoms with Crippen molar-refractivity contribution in [3.8, 4) is 0 Å². The molecule has 5 heteroatoms. The van der Waals surface area contributed by atoms with Gasteiger partial charge in [0, 0.05) is 13.1 Å². The average Bonchev–Trinajstić information content (AvgIpc) is 3.00. The van der Waals surface area contributed by atoms with Gasteiger partial charge >= 0.3 is 6.09 Å². The third-order valence-electron chi connectivity index (χ3n) is 4.16. The molecule has 2 aromatic rings. The maximum absolute atomic E-state index is 12.1. The molecule has 0 bridgehead atoms. The second-order valence-corrected chi connectivity index (χ2v) is 5.99. The first kappa shape index (κ1) is 16.5. The van der Waals surface area contributed by atoms with E-state index in [1.165, 1.54) is 0 Å². The standard InChI is InChI=1S/C19H22N2O3/c22-18-13-21(19(23)24-14-16-9-5-2-6-10-16)12-17(18)20-11-15-7-3-1-4-8-15/h1-10,17-18,20,22H,11-14H2/t17-,18-/m1/s1. The van der Waals surface area contributed by atoms with Crippen LogP contribution in [0.5, 0.6) is 0 Å². The number of rotatable bonds is 5. The molecule has 0 aliphatic carbocycles. The fourth-order valence-corrected chi connectivity index (χ4v) is 2.79. The molecule has 2 aromatic carbocycles. The number of benzene rings is 2. The van der Waals surface area contributed by atoms with Crippen LogP contribution in [-0.4, -0.2) is 41.3 Å². The molecule has 0 spiro atoms. The number of aliphatic hydroxyl groups excluding tert-OH is 1. The molecule has 1 saturated heterocycles. The minimum Gasteiger partial charge on any atom is -0.445 e. The number of likely N-dealkylation sites (tertiary alicyclic amines) is 1. The number of nitrogens with zero attached hydrogens (tertiary/aromatic N) is 1. The molecule has 0 radical (unpaired) electrons. The third-order valence-corrected chi connectivity index (χ3v) is 4.16. The summed E-state index contributed by atoms with van der Waals surface area (Å²) in [6, 6.07) is 19.4. The Labute approximate surface area is 141 Å². The van der Waals surface area contributed by atoms with E-state index in [4.69, 9.17) is 4.74 Å². The normalized spacial score (nSPS) is 20.1. The van der Waals surface area contributed by atoms with E-state index in [0.29, 0.717) is 19.6 Å². The topological polar surface area (TPSA) is 61.8 Å². The molecule has 1 aliphatic heterocycles. The van der Waals surface area contributed by atoms with Gasteiger partial charge in [-0.2, -0.15) is 0 Å². The molecule has 0 unspecified atom stereocenters. The van der Waals surface area contributed by atoms with Gasteiger partial charge in [-0.05, 0) is 11.1 Å². The Morgan fingerprint density at radius 1 is 1.04 bits per heavy atom. The second-order valence-electron chi connectivity index (χ2n) is 5.99. The van der Waals surface area contributed by atoms with E-state index < -0.39 is 6.10 Å². The van der Waals surface area contributed by atoms with Gasteiger partial charge < -0.3 is 20.1 Å². The lowest BCUT2D eigenvalue weighted by Gasteiger charge is -2.17. The van der Waals surface area contributed by atoms with Crippen LogP contribution in [0.3, 0.4) is 0 Å². The zero-order chi connectivity index (χ0) is 16.8. The fraction of sp³-hybridized carbons (Fsp3) is 0.316. The smallest absolute Gasteiger partial charge is 0.410 e. The van der Waals surface area contributed by atoms with Gasteiger partial charge in [0.25, 0.3) is 0 Å². The van der Waals surface area contributed by atoms with Crippen molar-refractivity contribution in [1.82, 2.24) is 10.2 Å². The summed E-state index contributed by atoms with van der Waals surface area (Å²) in [6.45, 7) is 1.64. The number of aliphatic hydroxyl groups is 1. The van der Waals surface area contributed by atoms with Gasteiger partial charge in [-0.25, -0.2) is 4.79 Å². The predicted octanol–water partition coefficient (Wildman–Crippen LogP) is 2.16. The van der Waals surface area contributed by atoms with Crippen molar-refractivity contribution in [3.63, 3.8) is 0 Å². The van der Waals surface area contributed by atoms with Gasteiger partial charge in [0.1, 0.15) is 6.61 Å². The number of hydrogen-bond acceptors (Lipinski definition) is 4. The summed E-state index contributed by atoms with van der Waals surface area (Å²) in [4.78, 5) is 13.7. The molecule has 2 N–H and O–H groups in total. The first-order chi connectivity index (χ1) is 11.7. The highest BCUT2D eigenvalue weighted by Gasteiger charge is 2.34. The Bertz CT molecular complexity index is 648. The van der Waals surface area contributed by atoms with Gasteiger partial charge in [0.15, 0.2) is 0 Å². The molecule has 1 heterocycles. The monoisotopic (exact) mass is 326 g/mol. The van der Waals surface area contributed by atoms with E-state index >= 15 is 0 Å². The molecule has 24 heavy (non-hydrogen) atoms. The van der Waals surface area contributed by atoms with Crippen LogP contribution < -0.4 is 5.32 Å². The number of carbonyl (C=O) groups is 1. The molecular weight excluding hydrogens is 304 g/mol. The first-order valence-corrected chi connectivity index (χ1v) is 8.13. The summed E-state index contributed by atoms with van der Waals surface area (Å²) in [5.41, 5.74) is 2.10. The van der Waals surface area contributed by atoms with Crippen LogP contribution in [0.1, 0.15) is 11.1 Å². The fourth-order valence-electron chi connectivity index (χ4n) is 2.79. The Balaban J connectivity index is 1.47. The van der Waals surface area contributed by atoms with Crippen molar-refractivity contribution < 1.29 is 14.6 Å². The van der Waals surface area contributed by atoms with Crippen LogP contribution in [0.15, 0.2) is 60.7 Å². The SMILES string of the molecule is O=C(OCc1ccccc1)N1C[C@@H](O)[C@H](NCc2ccccc2)C1. The lowest BCUT2D eigenvalue weighted by atomic mass is 10.2. The molecule has 1 amide bonds. The second kappa shape index (κ2) is 7.95. The van der Waals surface area contributed by atoms with Gasteiger partial charge in [0.2, 0.25) is 0 Å². The van der Waals surface area contributed by atoms with Crippen molar-refractivity contribution in [3.05, 3.63) is 71.8 Å². The molecule has 0 aromatic heterocycles. The Morgan fingerprint density at radius 3 is 2.33 bits per heavy atom. The summed E-state index contributed by atoms with van der Waals surface area (Å²) in [5.74, 6) is 0. The molecule has 0 saturated carbocycles. The van der Waals surface area contributed by atoms with Crippen LogP contribution >= 0.6 is 0 Å². The van der Waals surface area contributed by atoms with E-state index in [2.05, 4.69) is 5.32 Å². The maximum Gasteiger partial charge on any atom is 0.410 e. The van der Waals surface area contributed by atoms with Crippen molar-refractivity contribution in [2.24, 2.45) is 0 Å². The van der Waals surface area contributed by atoms with Crippen molar-refractivity contribution in [1.29, 1.82) is 0 Å². The van der Waals surface area contributed by atoms with Gasteiger partial charge in [-0.15, -0.1) is 0 Å². The van der Waals surface area contributed by atoms with Crippen LogP contribution in [0.4, 0.5) is 4.79 Å². The highest BCUT2D eigenvalue weighted by Crippen LogP contribution is 2.13. The number of nitrogens with one attached hydrogen (secondary N) is 1. The van der Waals surface area contributed by atoms with Crippen LogP contribution in [0.25, 0.3) is 0 Å². The summed E-state index contributed by atoms with van der Waals surface area (Å²) in [5, 5.41) is 13.5. The summed E-state index contributed by atoms with van der Waals surface area (Å²) < 4.78 is 5.32. The Morgan fingerprint density at radius 2 is 1.67 bits per heavy atom. The minimum atomic E-state index is -0.585. The van der Waals surface area contributed by atoms with Crippen LogP contribution in [0, 0.1) is 0 Å². The molecule has 1 aliphatic rings. The number of ether oxygens (including phenoxy) is 1. The van der Waals surface area contributed by atoms with Crippen molar-refractivity contribution >= 4 is 6.09 Å². The molecular formula is C19H22N2O3. The minimum absolute atomic E-state index is 0.144. The molecule has 1 fully saturated rings. The van der Waals surface area contributed by atoms with Crippen LogP contribution in [-0.2, 0) is 17.9 Å². The van der Waals surface area contributed by atoms with E-state index in [9.17, 15) is 9.90 Å². The number of hydrogen-bond donors (Lipinski definition) is 2. The van der Waals surface area contributed by atoms with Crippen LogP contribution in [0.2, 0.25) is 0 Å². The molecule has 5 nitrogen and oxygen atoms in total. The van der Waals surface area contributed by atoms with Gasteiger partial charge in [-0.1, -0.05) is 60.7 Å². The van der Waals surface area contributed by atoms with Gasteiger partial charge in [-0.3, -0.25) is 0 Å². The number of carbonyl (C=O) groups excluding carboxylic acids is 1. The molecule has 126 valence electrons. The lowest BCUT2D eigenvalue weighted by molar-refractivity contribution is 0.0969. The Hall–Kier alpha value is -2.37. The Kier molecular flexibility index (Phi) is 5.46. The quantitative estimate of drug-likeness (QED) is 0.884. The summed E-state index contributed by atoms with van der Waals surface area (Å²) >= 11 is 0. The number of amides is 1. The molecule has 3 rings (SSSR count). The predicted molar refractivity (Wildman–Crippen MR) is 91.3 cm³/mol. The number of β-amino-alcohol motifs (C(OH)–C–C–N with tert-alkyl or cyclic N) is 1. The van der Waals surface area contributed by atoms with Gasteiger partial charge in [0.05, 0.1) is 18.7 Å². The van der Waals surface area contributed by atoms with Crippen molar-refractivity contribution in [2.75, 3.05) is 13.1 Å². The average molecular weight is 326 g/mol. The first-order valence-electron chi connectivity index (χ1n) is 8.13. The van der Waals surface area contributed by atoms with E-state index in [1.807, 2.05) is 60.7 Å². The third kappa shape index (κ3) is 4.34. The zero-order valence-electron chi connectivity index (χ0n) is 13.5. The lowest BCUT2D eigenvalue weighted by Crippen LogP contribution is -2.39. The van der Waals surface area contributed by atoms with Crippen molar-refractivity contribution in [2.45, 2.75) is 25.3 Å². The molecule has 2 atom stereocenters.